The minimum atomic E-state index is -3.71. The van der Waals surface area contributed by atoms with Crippen molar-refractivity contribution in [2.45, 2.75) is 24.3 Å². The molecule has 1 aliphatic heterocycles. The fraction of sp³-hybridized carbons (Fsp3) is 0.316. The Morgan fingerprint density at radius 2 is 1.93 bits per heavy atom. The van der Waals surface area contributed by atoms with Crippen LogP contribution in [0.5, 0.6) is 0 Å². The van der Waals surface area contributed by atoms with Crippen LogP contribution in [-0.4, -0.2) is 58.8 Å². The van der Waals surface area contributed by atoms with E-state index >= 15 is 0 Å². The molecule has 1 saturated heterocycles. The maximum Gasteiger partial charge on any atom is 0.311 e. The van der Waals surface area contributed by atoms with Crippen LogP contribution in [0, 0.1) is 0 Å². The Balaban J connectivity index is 1.51. The molecule has 0 saturated carbocycles. The van der Waals surface area contributed by atoms with Crippen LogP contribution in [0.25, 0.3) is 11.6 Å². The zero-order valence-electron chi connectivity index (χ0n) is 15.9. The first kappa shape index (κ1) is 19.3. The summed E-state index contributed by atoms with van der Waals surface area (Å²) < 4.78 is 32.4. The topological polar surface area (TPSA) is 112 Å². The molecule has 3 heterocycles. The predicted molar refractivity (Wildman–Crippen MR) is 104 cm³/mol. The van der Waals surface area contributed by atoms with E-state index in [4.69, 9.17) is 4.42 Å². The van der Waals surface area contributed by atoms with E-state index in [2.05, 4.69) is 15.2 Å². The fourth-order valence-corrected chi connectivity index (χ4v) is 4.38. The number of H-pyrrole nitrogens is 1. The Morgan fingerprint density at radius 1 is 1.21 bits per heavy atom. The van der Waals surface area contributed by atoms with Gasteiger partial charge in [-0.3, -0.25) is 4.79 Å². The second-order valence-corrected chi connectivity index (χ2v) is 8.95. The summed E-state index contributed by atoms with van der Waals surface area (Å²) in [5, 5.41) is 7.69. The molecule has 152 valence electrons. The normalized spacial score (nSPS) is 14.6. The van der Waals surface area contributed by atoms with Gasteiger partial charge in [0.2, 0.25) is 10.0 Å². The van der Waals surface area contributed by atoms with Gasteiger partial charge >= 0.3 is 11.8 Å². The first-order chi connectivity index (χ1) is 13.9. The molecule has 0 aliphatic carbocycles. The Bertz CT molecular complexity index is 1100. The zero-order chi connectivity index (χ0) is 20.4. The van der Waals surface area contributed by atoms with Gasteiger partial charge in [-0.25, -0.2) is 8.42 Å². The lowest BCUT2D eigenvalue weighted by Crippen LogP contribution is -2.27. The number of hydrogen-bond acceptors (Lipinski definition) is 6. The van der Waals surface area contributed by atoms with Crippen LogP contribution < -0.4 is 0 Å². The van der Waals surface area contributed by atoms with Gasteiger partial charge in [0.1, 0.15) is 10.6 Å². The number of nitrogens with one attached hydrogen (secondary N) is 1. The number of amides is 1. The number of aromatic nitrogens is 3. The standard InChI is InChI=1S/C19H21N5O4S/c1-23(13-14-7-3-2-4-8-14)29(26,27)15-11-16(20-12-15)17-21-22-18(28-17)19(25)24-9-5-6-10-24/h2-4,7-8,11-12,20H,5-6,9-10,13H2,1H3. The second kappa shape index (κ2) is 7.80. The molecule has 0 bridgehead atoms. The van der Waals surface area contributed by atoms with E-state index in [1.54, 1.807) is 4.90 Å². The van der Waals surface area contributed by atoms with Gasteiger partial charge in [-0.1, -0.05) is 30.3 Å². The van der Waals surface area contributed by atoms with Gasteiger partial charge in [-0.15, -0.1) is 10.2 Å². The van der Waals surface area contributed by atoms with Gasteiger partial charge in [0.15, 0.2) is 0 Å². The zero-order valence-corrected chi connectivity index (χ0v) is 16.7. The number of benzene rings is 1. The van der Waals surface area contributed by atoms with Gasteiger partial charge in [-0.05, 0) is 24.5 Å². The molecule has 3 aromatic rings. The molecule has 0 unspecified atom stereocenters. The number of carbonyl (C=O) groups is 1. The maximum absolute atomic E-state index is 12.8. The van der Waals surface area contributed by atoms with E-state index in [9.17, 15) is 13.2 Å². The summed E-state index contributed by atoms with van der Waals surface area (Å²) in [5.41, 5.74) is 1.22. The molecule has 10 heteroatoms. The third-order valence-electron chi connectivity index (χ3n) is 4.84. The first-order valence-corrected chi connectivity index (χ1v) is 10.7. The molecular formula is C19H21N5O4S. The minimum absolute atomic E-state index is 0.0692. The van der Waals surface area contributed by atoms with Gasteiger partial charge in [-0.2, -0.15) is 4.31 Å². The Kier molecular flexibility index (Phi) is 5.20. The highest BCUT2D eigenvalue weighted by Crippen LogP contribution is 2.24. The van der Waals surface area contributed by atoms with Crippen molar-refractivity contribution in [2.24, 2.45) is 0 Å². The summed E-state index contributed by atoms with van der Waals surface area (Å²) in [4.78, 5) is 16.9. The van der Waals surface area contributed by atoms with Crippen molar-refractivity contribution >= 4 is 15.9 Å². The number of likely N-dealkylation sites (tertiary alicyclic amines) is 1. The summed E-state index contributed by atoms with van der Waals surface area (Å²) in [7, 11) is -2.19. The summed E-state index contributed by atoms with van der Waals surface area (Å²) in [6.07, 6.45) is 3.29. The van der Waals surface area contributed by atoms with Crippen molar-refractivity contribution in [1.29, 1.82) is 0 Å². The molecule has 9 nitrogen and oxygen atoms in total. The molecule has 1 amide bonds. The van der Waals surface area contributed by atoms with Crippen molar-refractivity contribution in [2.75, 3.05) is 20.1 Å². The largest absolute Gasteiger partial charge is 0.411 e. The first-order valence-electron chi connectivity index (χ1n) is 9.27. The molecule has 1 aromatic carbocycles. The number of aromatic amines is 1. The van der Waals surface area contributed by atoms with E-state index in [0.29, 0.717) is 18.8 Å². The molecule has 4 rings (SSSR count). The van der Waals surface area contributed by atoms with Crippen molar-refractivity contribution in [3.8, 4) is 11.6 Å². The molecule has 29 heavy (non-hydrogen) atoms. The monoisotopic (exact) mass is 415 g/mol. The van der Waals surface area contributed by atoms with Crippen LogP contribution in [0.1, 0.15) is 29.1 Å². The molecule has 2 aromatic heterocycles. The Morgan fingerprint density at radius 3 is 2.66 bits per heavy atom. The second-order valence-electron chi connectivity index (χ2n) is 6.91. The van der Waals surface area contributed by atoms with Gasteiger partial charge in [0, 0.05) is 32.9 Å². The highest BCUT2D eigenvalue weighted by atomic mass is 32.2. The minimum Gasteiger partial charge on any atom is -0.411 e. The molecule has 0 spiro atoms. The highest BCUT2D eigenvalue weighted by Gasteiger charge is 2.27. The van der Waals surface area contributed by atoms with Crippen molar-refractivity contribution in [3.63, 3.8) is 0 Å². The van der Waals surface area contributed by atoms with Crippen LogP contribution in [0.3, 0.4) is 0 Å². The van der Waals surface area contributed by atoms with Gasteiger partial charge in [0.25, 0.3) is 5.89 Å². The molecule has 1 aliphatic rings. The van der Waals surface area contributed by atoms with Gasteiger partial charge < -0.3 is 14.3 Å². The summed E-state index contributed by atoms with van der Waals surface area (Å²) in [6.45, 7) is 1.60. The van der Waals surface area contributed by atoms with E-state index in [1.807, 2.05) is 30.3 Å². The quantitative estimate of drug-likeness (QED) is 0.660. The number of sulfonamides is 1. The molecule has 1 N–H and O–H groups in total. The average molecular weight is 415 g/mol. The van der Waals surface area contributed by atoms with Crippen LogP contribution >= 0.6 is 0 Å². The lowest BCUT2D eigenvalue weighted by molar-refractivity contribution is 0.0754. The third kappa shape index (κ3) is 3.94. The smallest absolute Gasteiger partial charge is 0.311 e. The third-order valence-corrected chi connectivity index (χ3v) is 6.63. The number of hydrogen-bond donors (Lipinski definition) is 1. The van der Waals surface area contributed by atoms with Crippen LogP contribution in [0.4, 0.5) is 0 Å². The summed E-state index contributed by atoms with van der Waals surface area (Å²) in [5.74, 6) is -0.329. The predicted octanol–water partition coefficient (Wildman–Crippen LogP) is 2.12. The molecular weight excluding hydrogens is 394 g/mol. The van der Waals surface area contributed by atoms with E-state index in [0.717, 1.165) is 18.4 Å². The van der Waals surface area contributed by atoms with E-state index in [-0.39, 0.29) is 29.1 Å². The highest BCUT2D eigenvalue weighted by molar-refractivity contribution is 7.89. The Labute approximate surface area is 168 Å². The SMILES string of the molecule is CN(Cc1ccccc1)S(=O)(=O)c1c[nH]c(-c2nnc(C(=O)N3CCCC3)o2)c1. The van der Waals surface area contributed by atoms with Crippen molar-refractivity contribution in [1.82, 2.24) is 24.4 Å². The van der Waals surface area contributed by atoms with Crippen LogP contribution in [0.2, 0.25) is 0 Å². The van der Waals surface area contributed by atoms with E-state index < -0.39 is 10.0 Å². The number of nitrogens with zero attached hydrogens (tertiary/aromatic N) is 4. The maximum atomic E-state index is 12.8. The summed E-state index contributed by atoms with van der Waals surface area (Å²) in [6, 6.07) is 10.8. The molecule has 0 atom stereocenters. The number of carbonyl (C=O) groups excluding carboxylic acids is 1. The van der Waals surface area contributed by atoms with Crippen molar-refractivity contribution < 1.29 is 17.6 Å². The average Bonchev–Trinajstić information content (AvgIpc) is 3.49. The summed E-state index contributed by atoms with van der Waals surface area (Å²) >= 11 is 0. The molecule has 0 radical (unpaired) electrons. The number of rotatable bonds is 6. The van der Waals surface area contributed by atoms with Crippen molar-refractivity contribution in [3.05, 3.63) is 54.0 Å². The Hall–Kier alpha value is -2.98. The lowest BCUT2D eigenvalue weighted by atomic mass is 10.2. The fourth-order valence-electron chi connectivity index (χ4n) is 3.23. The van der Waals surface area contributed by atoms with Gasteiger partial charge in [0.05, 0.1) is 0 Å². The van der Waals surface area contributed by atoms with E-state index in [1.165, 1.54) is 23.6 Å². The molecule has 1 fully saturated rings. The lowest BCUT2D eigenvalue weighted by Gasteiger charge is -2.16. The van der Waals surface area contributed by atoms with Crippen LogP contribution in [-0.2, 0) is 16.6 Å². The van der Waals surface area contributed by atoms with Crippen LogP contribution in [0.15, 0.2) is 51.9 Å².